The van der Waals surface area contributed by atoms with Crippen molar-refractivity contribution < 1.29 is 19.0 Å². The van der Waals surface area contributed by atoms with Crippen molar-refractivity contribution in [2.75, 3.05) is 13.2 Å². The Kier molecular flexibility index (Phi) is 8.71. The van der Waals surface area contributed by atoms with Crippen LogP contribution in [0.5, 0.6) is 5.75 Å². The minimum atomic E-state index is -2.26. The van der Waals surface area contributed by atoms with Crippen molar-refractivity contribution in [1.29, 1.82) is 0 Å². The van der Waals surface area contributed by atoms with Crippen molar-refractivity contribution >= 4 is 35.9 Å². The SMILES string of the molecule is OP(O)OCCOc1ccccc1.[PbH2]. The molecule has 1 aromatic rings. The van der Waals surface area contributed by atoms with E-state index in [4.69, 9.17) is 14.5 Å². The summed E-state index contributed by atoms with van der Waals surface area (Å²) in [5.74, 6) is 0.742. The van der Waals surface area contributed by atoms with E-state index in [2.05, 4.69) is 4.52 Å². The van der Waals surface area contributed by atoms with Gasteiger partial charge in [-0.1, -0.05) is 18.2 Å². The summed E-state index contributed by atoms with van der Waals surface area (Å²) in [6, 6.07) is 9.26. The number of benzene rings is 1. The third-order valence-corrected chi connectivity index (χ3v) is 1.72. The van der Waals surface area contributed by atoms with Gasteiger partial charge < -0.3 is 19.0 Å². The Morgan fingerprint density at radius 3 is 2.29 bits per heavy atom. The van der Waals surface area contributed by atoms with Crippen LogP contribution in [0.15, 0.2) is 30.3 Å². The quantitative estimate of drug-likeness (QED) is 0.418. The van der Waals surface area contributed by atoms with Crippen LogP contribution in [-0.4, -0.2) is 50.3 Å². The fourth-order valence-corrected chi connectivity index (χ4v) is 1.03. The van der Waals surface area contributed by atoms with Crippen LogP contribution in [0.1, 0.15) is 0 Å². The summed E-state index contributed by atoms with van der Waals surface area (Å²) in [5.41, 5.74) is 0. The monoisotopic (exact) mass is 412 g/mol. The van der Waals surface area contributed by atoms with E-state index in [1.807, 2.05) is 30.3 Å². The van der Waals surface area contributed by atoms with Crippen LogP contribution in [-0.2, 0) is 4.52 Å². The number of rotatable bonds is 5. The molecule has 0 fully saturated rings. The molecule has 4 nitrogen and oxygen atoms in total. The van der Waals surface area contributed by atoms with Crippen molar-refractivity contribution in [2.45, 2.75) is 0 Å². The average Bonchev–Trinajstić information content (AvgIpc) is 2.14. The molecule has 1 aromatic carbocycles. The third-order valence-electron chi connectivity index (χ3n) is 1.30. The molecule has 0 unspecified atom stereocenters. The van der Waals surface area contributed by atoms with Gasteiger partial charge in [-0.2, -0.15) is 0 Å². The van der Waals surface area contributed by atoms with Gasteiger partial charge in [0.15, 0.2) is 0 Å². The van der Waals surface area contributed by atoms with Gasteiger partial charge in [0.2, 0.25) is 0 Å². The van der Waals surface area contributed by atoms with E-state index >= 15 is 0 Å². The van der Waals surface area contributed by atoms with Crippen molar-refractivity contribution in [1.82, 2.24) is 0 Å². The van der Waals surface area contributed by atoms with E-state index in [-0.39, 0.29) is 33.9 Å². The molecule has 6 heteroatoms. The van der Waals surface area contributed by atoms with Gasteiger partial charge in [-0.3, -0.25) is 0 Å². The van der Waals surface area contributed by atoms with Crippen LogP contribution in [0.2, 0.25) is 0 Å². The summed E-state index contributed by atoms with van der Waals surface area (Å²) in [7, 11) is -2.26. The number of para-hydroxylation sites is 1. The second kappa shape index (κ2) is 8.55. The Morgan fingerprint density at radius 2 is 1.71 bits per heavy atom. The van der Waals surface area contributed by atoms with Crippen LogP contribution in [0.4, 0.5) is 0 Å². The standard InChI is InChI=1S/C8H11O4P.Pb.2H/c9-13(10)12-7-6-11-8-4-2-1-3-5-8;;;/h1-5,9-10H,6-7H2;;;. The zero-order chi connectivity index (χ0) is 9.52. The molecule has 0 aromatic heterocycles. The molecule has 1 rings (SSSR count). The van der Waals surface area contributed by atoms with Gasteiger partial charge in [0, 0.05) is 0 Å². The van der Waals surface area contributed by atoms with Crippen molar-refractivity contribution in [3.8, 4) is 5.75 Å². The molecular weight excluding hydrogens is 398 g/mol. The molecule has 0 amide bonds. The first-order valence-electron chi connectivity index (χ1n) is 3.77. The van der Waals surface area contributed by atoms with Crippen molar-refractivity contribution in [3.63, 3.8) is 0 Å². The van der Waals surface area contributed by atoms with Gasteiger partial charge in [0.05, 0.1) is 6.61 Å². The first-order chi connectivity index (χ1) is 6.29. The van der Waals surface area contributed by atoms with Gasteiger partial charge >= 0.3 is 35.9 Å². The molecule has 78 valence electrons. The van der Waals surface area contributed by atoms with E-state index in [1.54, 1.807) is 0 Å². The summed E-state index contributed by atoms with van der Waals surface area (Å²) in [5, 5.41) is 0. The third kappa shape index (κ3) is 6.67. The molecule has 0 aliphatic heterocycles. The van der Waals surface area contributed by atoms with Gasteiger partial charge in [-0.05, 0) is 12.1 Å². The molecule has 14 heavy (non-hydrogen) atoms. The Morgan fingerprint density at radius 1 is 1.07 bits per heavy atom. The van der Waals surface area contributed by atoms with Crippen molar-refractivity contribution in [2.24, 2.45) is 0 Å². The van der Waals surface area contributed by atoms with Crippen LogP contribution in [0, 0.1) is 0 Å². The molecule has 0 heterocycles. The number of ether oxygens (including phenoxy) is 1. The maximum absolute atomic E-state index is 8.39. The van der Waals surface area contributed by atoms with Crippen LogP contribution in [0.25, 0.3) is 0 Å². The molecule has 0 saturated carbocycles. The molecule has 2 radical (unpaired) electrons. The van der Waals surface area contributed by atoms with E-state index in [9.17, 15) is 0 Å². The van der Waals surface area contributed by atoms with E-state index in [0.717, 1.165) is 5.75 Å². The summed E-state index contributed by atoms with van der Waals surface area (Å²) in [4.78, 5) is 16.8. The molecular formula is C8H13O4PPb. The van der Waals surface area contributed by atoms with Crippen LogP contribution >= 0.6 is 8.60 Å². The van der Waals surface area contributed by atoms with Crippen LogP contribution < -0.4 is 4.74 Å². The van der Waals surface area contributed by atoms with E-state index < -0.39 is 8.60 Å². The number of hydrogen-bond acceptors (Lipinski definition) is 4. The molecule has 0 spiro atoms. The maximum atomic E-state index is 8.39. The Labute approximate surface area is 104 Å². The molecule has 0 bridgehead atoms. The van der Waals surface area contributed by atoms with Crippen LogP contribution in [0.3, 0.4) is 0 Å². The summed E-state index contributed by atoms with van der Waals surface area (Å²) in [6.07, 6.45) is 0. The van der Waals surface area contributed by atoms with Gasteiger partial charge in [-0.15, -0.1) is 0 Å². The zero-order valence-corrected chi connectivity index (χ0v) is 14.1. The predicted octanol–water partition coefficient (Wildman–Crippen LogP) is 0.377. The van der Waals surface area contributed by atoms with E-state index in [1.165, 1.54) is 0 Å². The molecule has 0 atom stereocenters. The van der Waals surface area contributed by atoms with Gasteiger partial charge in [-0.25, -0.2) is 0 Å². The first-order valence-corrected chi connectivity index (χ1v) is 4.94. The zero-order valence-electron chi connectivity index (χ0n) is 7.67. The van der Waals surface area contributed by atoms with Crippen molar-refractivity contribution in [3.05, 3.63) is 30.3 Å². The Bertz CT molecular complexity index is 232. The first kappa shape index (κ1) is 14.3. The summed E-state index contributed by atoms with van der Waals surface area (Å²) < 4.78 is 9.73. The minimum absolute atomic E-state index is 0. The van der Waals surface area contributed by atoms with E-state index in [0.29, 0.717) is 6.61 Å². The Hall–Kier alpha value is 0.252. The molecule has 0 aliphatic carbocycles. The average molecular weight is 411 g/mol. The Balaban J connectivity index is 0.00000169. The molecule has 2 N–H and O–H groups in total. The summed E-state index contributed by atoms with van der Waals surface area (Å²) in [6.45, 7) is 0.484. The fourth-order valence-electron chi connectivity index (χ4n) is 0.795. The number of hydrogen-bond donors (Lipinski definition) is 2. The molecule has 0 aliphatic rings. The molecule has 0 saturated heterocycles. The topological polar surface area (TPSA) is 58.9 Å². The fraction of sp³-hybridized carbons (Fsp3) is 0.250. The predicted molar refractivity (Wildman–Crippen MR) is 57.8 cm³/mol. The second-order valence-electron chi connectivity index (χ2n) is 2.25. The summed E-state index contributed by atoms with van der Waals surface area (Å²) >= 11 is 0. The normalized spacial score (nSPS) is 9.64. The van der Waals surface area contributed by atoms with Gasteiger partial charge in [0.25, 0.3) is 0 Å². The second-order valence-corrected chi connectivity index (χ2v) is 3.01. The van der Waals surface area contributed by atoms with Gasteiger partial charge in [0.1, 0.15) is 12.4 Å².